The molecule has 0 atom stereocenters. The molecule has 1 aliphatic heterocycles. The van der Waals surface area contributed by atoms with Crippen LogP contribution in [-0.2, 0) is 4.79 Å². The summed E-state index contributed by atoms with van der Waals surface area (Å²) >= 11 is 5.28. The van der Waals surface area contributed by atoms with E-state index < -0.39 is 0 Å². The molecule has 1 aliphatic rings. The highest BCUT2D eigenvalue weighted by Gasteiger charge is 2.34. The molecule has 0 saturated carbocycles. The first-order valence-electron chi connectivity index (χ1n) is 7.09. The van der Waals surface area contributed by atoms with Crippen molar-refractivity contribution in [2.24, 2.45) is 0 Å². The van der Waals surface area contributed by atoms with Crippen LogP contribution in [0.25, 0.3) is 6.08 Å². The number of benzene rings is 1. The van der Waals surface area contributed by atoms with E-state index in [1.165, 1.54) is 0 Å². The van der Waals surface area contributed by atoms with E-state index in [0.717, 1.165) is 5.56 Å². The molecular weight excluding hydrogens is 312 g/mol. The summed E-state index contributed by atoms with van der Waals surface area (Å²) in [6.45, 7) is 2.60. The molecule has 0 N–H and O–H groups in total. The molecule has 0 radical (unpaired) electrons. The Hall–Kier alpha value is -2.52. The minimum absolute atomic E-state index is 0.105. The van der Waals surface area contributed by atoms with Gasteiger partial charge in [-0.2, -0.15) is 0 Å². The van der Waals surface area contributed by atoms with Gasteiger partial charge in [-0.05, 0) is 42.9 Å². The Morgan fingerprint density at radius 3 is 2.70 bits per heavy atom. The van der Waals surface area contributed by atoms with Crippen molar-refractivity contribution in [2.75, 3.05) is 27.3 Å². The molecule has 0 unspecified atom stereocenters. The number of likely N-dealkylation sites (N-methyl/N-ethyl adjacent to an activating group) is 2. The van der Waals surface area contributed by atoms with Crippen LogP contribution in [0.1, 0.15) is 12.5 Å². The summed E-state index contributed by atoms with van der Waals surface area (Å²) in [4.78, 5) is 15.6. The second kappa shape index (κ2) is 7.16. The van der Waals surface area contributed by atoms with Crippen molar-refractivity contribution in [3.63, 3.8) is 0 Å². The number of amides is 1. The molecule has 1 aromatic carbocycles. The molecule has 1 heterocycles. The van der Waals surface area contributed by atoms with E-state index in [1.807, 2.05) is 13.0 Å². The lowest BCUT2D eigenvalue weighted by Gasteiger charge is -2.13. The van der Waals surface area contributed by atoms with Crippen molar-refractivity contribution in [2.45, 2.75) is 6.92 Å². The summed E-state index contributed by atoms with van der Waals surface area (Å²) < 4.78 is 10.7. The van der Waals surface area contributed by atoms with E-state index in [4.69, 9.17) is 28.1 Å². The van der Waals surface area contributed by atoms with Crippen LogP contribution in [0, 0.1) is 12.3 Å². The van der Waals surface area contributed by atoms with Crippen molar-refractivity contribution in [1.29, 1.82) is 0 Å². The van der Waals surface area contributed by atoms with Gasteiger partial charge in [0.05, 0.1) is 7.11 Å². The molecule has 0 bridgehead atoms. The summed E-state index contributed by atoms with van der Waals surface area (Å²) in [5, 5.41) is 0.504. The summed E-state index contributed by atoms with van der Waals surface area (Å²) in [5.74, 6) is 3.42. The van der Waals surface area contributed by atoms with Gasteiger partial charge in [0, 0.05) is 13.6 Å². The standard InChI is InChI=1S/C17H18N2O3S/c1-5-9-22-14-8-7-12(11-15(14)21-4)10-13-16(20)19(6-2)17(23)18(13)3/h1,7-8,10-11H,6,9H2,2-4H3. The van der Waals surface area contributed by atoms with Crippen molar-refractivity contribution < 1.29 is 14.3 Å². The fourth-order valence-corrected chi connectivity index (χ4v) is 2.57. The highest BCUT2D eigenvalue weighted by Crippen LogP contribution is 2.30. The highest BCUT2D eigenvalue weighted by atomic mass is 32.1. The molecule has 5 nitrogen and oxygen atoms in total. The van der Waals surface area contributed by atoms with Crippen LogP contribution >= 0.6 is 12.2 Å². The zero-order valence-corrected chi connectivity index (χ0v) is 14.1. The quantitative estimate of drug-likeness (QED) is 0.470. The van der Waals surface area contributed by atoms with Crippen LogP contribution in [-0.4, -0.2) is 48.1 Å². The van der Waals surface area contributed by atoms with Crippen LogP contribution in [0.4, 0.5) is 0 Å². The fourth-order valence-electron chi connectivity index (χ4n) is 2.26. The zero-order chi connectivity index (χ0) is 17.0. The Labute approximate surface area is 141 Å². The number of hydrogen-bond acceptors (Lipinski definition) is 4. The molecule has 1 fully saturated rings. The van der Waals surface area contributed by atoms with Crippen LogP contribution in [0.5, 0.6) is 11.5 Å². The van der Waals surface area contributed by atoms with E-state index in [0.29, 0.717) is 28.9 Å². The number of hydrogen-bond donors (Lipinski definition) is 0. The molecule has 1 saturated heterocycles. The van der Waals surface area contributed by atoms with Crippen LogP contribution in [0.15, 0.2) is 23.9 Å². The molecule has 1 aromatic rings. The topological polar surface area (TPSA) is 42.0 Å². The third kappa shape index (κ3) is 3.30. The summed E-state index contributed by atoms with van der Waals surface area (Å²) in [7, 11) is 3.33. The van der Waals surface area contributed by atoms with Crippen LogP contribution < -0.4 is 9.47 Å². The van der Waals surface area contributed by atoms with Gasteiger partial charge in [0.25, 0.3) is 5.91 Å². The predicted octanol–water partition coefficient (Wildman–Crippen LogP) is 2.13. The van der Waals surface area contributed by atoms with Gasteiger partial charge >= 0.3 is 0 Å². The van der Waals surface area contributed by atoms with E-state index in [1.54, 1.807) is 42.2 Å². The first-order valence-corrected chi connectivity index (χ1v) is 7.49. The van der Waals surface area contributed by atoms with E-state index in [-0.39, 0.29) is 12.5 Å². The van der Waals surface area contributed by atoms with Gasteiger partial charge < -0.3 is 14.4 Å². The second-order valence-electron chi connectivity index (χ2n) is 4.82. The molecule has 0 aliphatic carbocycles. The lowest BCUT2D eigenvalue weighted by atomic mass is 10.1. The number of nitrogens with zero attached hydrogens (tertiary/aromatic N) is 2. The van der Waals surface area contributed by atoms with Crippen LogP contribution in [0.2, 0.25) is 0 Å². The summed E-state index contributed by atoms with van der Waals surface area (Å²) in [6.07, 6.45) is 6.97. The number of thiocarbonyl (C=S) groups is 1. The average Bonchev–Trinajstić information content (AvgIpc) is 2.76. The number of carbonyl (C=O) groups is 1. The smallest absolute Gasteiger partial charge is 0.276 e. The maximum Gasteiger partial charge on any atom is 0.276 e. The van der Waals surface area contributed by atoms with Gasteiger partial charge in [-0.3, -0.25) is 9.69 Å². The minimum atomic E-state index is -0.105. The van der Waals surface area contributed by atoms with Gasteiger partial charge in [0.1, 0.15) is 12.3 Å². The fraction of sp³-hybridized carbons (Fsp3) is 0.294. The number of methoxy groups -OCH3 is 1. The molecule has 23 heavy (non-hydrogen) atoms. The molecule has 1 amide bonds. The third-order valence-electron chi connectivity index (χ3n) is 3.46. The maximum absolute atomic E-state index is 12.4. The summed E-state index contributed by atoms with van der Waals surface area (Å²) in [6, 6.07) is 5.38. The van der Waals surface area contributed by atoms with Gasteiger partial charge in [-0.1, -0.05) is 12.0 Å². The Balaban J connectivity index is 2.34. The van der Waals surface area contributed by atoms with Gasteiger partial charge in [0.15, 0.2) is 16.6 Å². The zero-order valence-electron chi connectivity index (χ0n) is 13.3. The predicted molar refractivity (Wildman–Crippen MR) is 93.0 cm³/mol. The molecule has 120 valence electrons. The minimum Gasteiger partial charge on any atom is -0.493 e. The molecule has 0 aromatic heterocycles. The van der Waals surface area contributed by atoms with E-state index in [2.05, 4.69) is 5.92 Å². The number of terminal acetylenes is 1. The van der Waals surface area contributed by atoms with E-state index in [9.17, 15) is 4.79 Å². The Kier molecular flexibility index (Phi) is 5.24. The summed E-state index contributed by atoms with van der Waals surface area (Å²) in [5.41, 5.74) is 1.34. The third-order valence-corrected chi connectivity index (χ3v) is 3.96. The molecule has 2 rings (SSSR count). The number of ether oxygens (including phenoxy) is 2. The molecule has 6 heteroatoms. The Morgan fingerprint density at radius 1 is 1.39 bits per heavy atom. The maximum atomic E-state index is 12.4. The van der Waals surface area contributed by atoms with Crippen molar-refractivity contribution >= 4 is 29.3 Å². The highest BCUT2D eigenvalue weighted by molar-refractivity contribution is 7.80. The normalized spacial score (nSPS) is 16.0. The largest absolute Gasteiger partial charge is 0.493 e. The second-order valence-corrected chi connectivity index (χ2v) is 5.19. The Morgan fingerprint density at radius 2 is 2.13 bits per heavy atom. The van der Waals surface area contributed by atoms with E-state index >= 15 is 0 Å². The van der Waals surface area contributed by atoms with Crippen molar-refractivity contribution in [3.05, 3.63) is 29.5 Å². The van der Waals surface area contributed by atoms with Crippen LogP contribution in [0.3, 0.4) is 0 Å². The lowest BCUT2D eigenvalue weighted by Crippen LogP contribution is -2.30. The number of rotatable bonds is 5. The van der Waals surface area contributed by atoms with Crippen molar-refractivity contribution in [3.8, 4) is 23.8 Å². The van der Waals surface area contributed by atoms with Gasteiger partial charge in [0.2, 0.25) is 0 Å². The van der Waals surface area contributed by atoms with Crippen molar-refractivity contribution in [1.82, 2.24) is 9.80 Å². The molecule has 0 spiro atoms. The monoisotopic (exact) mass is 330 g/mol. The number of carbonyl (C=O) groups excluding carboxylic acids is 1. The van der Waals surface area contributed by atoms with Gasteiger partial charge in [-0.15, -0.1) is 6.42 Å². The average molecular weight is 330 g/mol. The first-order chi connectivity index (χ1) is 11.0. The van der Waals surface area contributed by atoms with Gasteiger partial charge in [-0.25, -0.2) is 0 Å². The molecular formula is C17H18N2O3S. The SMILES string of the molecule is C#CCOc1ccc(C=C2C(=O)N(CC)C(=S)N2C)cc1OC. The Bertz CT molecular complexity index is 706. The first kappa shape index (κ1) is 16.8. The lowest BCUT2D eigenvalue weighted by molar-refractivity contribution is -0.122.